The van der Waals surface area contributed by atoms with E-state index in [-0.39, 0.29) is 5.82 Å². The Bertz CT molecular complexity index is 609. The molecule has 2 nitrogen and oxygen atoms in total. The molecule has 0 amide bonds. The van der Waals surface area contributed by atoms with Crippen LogP contribution in [-0.2, 0) is 12.8 Å². The number of aryl methyl sites for hydroxylation is 1. The Morgan fingerprint density at radius 3 is 2.94 bits per heavy atom. The summed E-state index contributed by atoms with van der Waals surface area (Å²) in [7, 11) is 0. The maximum absolute atomic E-state index is 14.0. The van der Waals surface area contributed by atoms with E-state index in [0.29, 0.717) is 10.7 Å². The summed E-state index contributed by atoms with van der Waals surface area (Å²) in [6, 6.07) is 4.70. The predicted molar refractivity (Wildman–Crippen MR) is 72.3 cm³/mol. The second kappa shape index (κ2) is 4.59. The van der Waals surface area contributed by atoms with E-state index in [0.717, 1.165) is 30.0 Å². The van der Waals surface area contributed by atoms with Crippen molar-refractivity contribution in [2.75, 3.05) is 6.26 Å². The summed E-state index contributed by atoms with van der Waals surface area (Å²) in [6.45, 7) is 0. The van der Waals surface area contributed by atoms with Crippen LogP contribution in [0.3, 0.4) is 0 Å². The van der Waals surface area contributed by atoms with Crippen molar-refractivity contribution in [3.63, 3.8) is 0 Å². The summed E-state index contributed by atoms with van der Waals surface area (Å²) in [6.07, 6.45) is 5.18. The molecule has 0 atom stereocenters. The summed E-state index contributed by atoms with van der Waals surface area (Å²) in [5.41, 5.74) is 2.85. The van der Waals surface area contributed by atoms with Crippen molar-refractivity contribution in [1.82, 2.24) is 9.78 Å². The van der Waals surface area contributed by atoms with Crippen molar-refractivity contribution in [2.24, 2.45) is 0 Å². The molecule has 0 aliphatic heterocycles. The monoisotopic (exact) mass is 282 g/mol. The molecule has 0 saturated heterocycles. The molecule has 0 radical (unpaired) electrons. The maximum Gasteiger partial charge on any atom is 0.150 e. The van der Waals surface area contributed by atoms with Crippen LogP contribution in [0.25, 0.3) is 5.69 Å². The van der Waals surface area contributed by atoms with Gasteiger partial charge in [-0.1, -0.05) is 11.6 Å². The Balaban J connectivity index is 2.17. The molecular weight excluding hydrogens is 271 g/mol. The molecule has 1 aromatic carbocycles. The van der Waals surface area contributed by atoms with Gasteiger partial charge in [-0.15, -0.1) is 11.8 Å². The molecule has 0 N–H and O–H groups in total. The van der Waals surface area contributed by atoms with Gasteiger partial charge in [0.1, 0.15) is 16.5 Å². The van der Waals surface area contributed by atoms with Gasteiger partial charge >= 0.3 is 0 Å². The van der Waals surface area contributed by atoms with Crippen molar-refractivity contribution >= 4 is 23.4 Å². The van der Waals surface area contributed by atoms with Crippen LogP contribution in [0.4, 0.5) is 4.39 Å². The van der Waals surface area contributed by atoms with Crippen LogP contribution in [0.2, 0.25) is 5.02 Å². The Hall–Kier alpha value is -1.00. The molecule has 94 valence electrons. The van der Waals surface area contributed by atoms with Crippen LogP contribution in [0.5, 0.6) is 0 Å². The second-order valence-corrected chi connectivity index (χ2v) is 5.53. The minimum atomic E-state index is -0.334. The zero-order chi connectivity index (χ0) is 12.7. The second-order valence-electron chi connectivity index (χ2n) is 4.30. The third-order valence-electron chi connectivity index (χ3n) is 3.19. The highest BCUT2D eigenvalue weighted by atomic mass is 35.5. The first-order chi connectivity index (χ1) is 8.70. The number of hydrogen-bond acceptors (Lipinski definition) is 2. The molecule has 1 heterocycles. The standard InChI is InChI=1S/C13H12ClFN2S/c1-18-13-9-3-2-4-11(9)16-17(13)12-6-5-8(14)7-10(12)15/h5-7H,2-4H2,1H3. The molecule has 1 aliphatic carbocycles. The topological polar surface area (TPSA) is 17.8 Å². The Labute approximate surface area is 114 Å². The van der Waals surface area contributed by atoms with E-state index in [2.05, 4.69) is 5.10 Å². The van der Waals surface area contributed by atoms with Gasteiger partial charge in [-0.2, -0.15) is 5.10 Å². The first-order valence-corrected chi connectivity index (χ1v) is 7.41. The number of nitrogens with zero attached hydrogens (tertiary/aromatic N) is 2. The Kier molecular flexibility index (Phi) is 3.08. The number of rotatable bonds is 2. The minimum Gasteiger partial charge on any atom is -0.224 e. The summed E-state index contributed by atoms with van der Waals surface area (Å²) < 4.78 is 15.7. The molecule has 1 aliphatic rings. The van der Waals surface area contributed by atoms with E-state index < -0.39 is 0 Å². The number of benzene rings is 1. The zero-order valence-electron chi connectivity index (χ0n) is 9.91. The average molecular weight is 283 g/mol. The lowest BCUT2D eigenvalue weighted by atomic mass is 10.3. The van der Waals surface area contributed by atoms with Crippen LogP contribution in [0, 0.1) is 5.82 Å². The van der Waals surface area contributed by atoms with E-state index in [9.17, 15) is 4.39 Å². The van der Waals surface area contributed by atoms with Crippen molar-refractivity contribution in [2.45, 2.75) is 24.3 Å². The van der Waals surface area contributed by atoms with Crippen LogP contribution in [0.15, 0.2) is 23.2 Å². The third-order valence-corrected chi connectivity index (χ3v) is 4.23. The molecule has 18 heavy (non-hydrogen) atoms. The first-order valence-electron chi connectivity index (χ1n) is 5.81. The molecule has 5 heteroatoms. The summed E-state index contributed by atoms with van der Waals surface area (Å²) in [5.74, 6) is -0.334. The van der Waals surface area contributed by atoms with Gasteiger partial charge in [0.15, 0.2) is 0 Å². The first kappa shape index (κ1) is 12.1. The number of aromatic nitrogens is 2. The molecule has 0 saturated carbocycles. The lowest BCUT2D eigenvalue weighted by Crippen LogP contribution is -2.02. The van der Waals surface area contributed by atoms with E-state index in [1.807, 2.05) is 6.26 Å². The molecular formula is C13H12ClFN2S. The van der Waals surface area contributed by atoms with Gasteiger partial charge in [0.25, 0.3) is 0 Å². The normalized spacial score (nSPS) is 13.9. The van der Waals surface area contributed by atoms with E-state index in [4.69, 9.17) is 11.6 Å². The van der Waals surface area contributed by atoms with Crippen molar-refractivity contribution in [3.05, 3.63) is 40.3 Å². The fourth-order valence-corrected chi connectivity index (χ4v) is 3.33. The van der Waals surface area contributed by atoms with Gasteiger partial charge in [0.2, 0.25) is 0 Å². The fourth-order valence-electron chi connectivity index (χ4n) is 2.39. The van der Waals surface area contributed by atoms with Crippen LogP contribution in [-0.4, -0.2) is 16.0 Å². The molecule has 0 unspecified atom stereocenters. The quantitative estimate of drug-likeness (QED) is 0.778. The smallest absolute Gasteiger partial charge is 0.150 e. The molecule has 3 rings (SSSR count). The van der Waals surface area contributed by atoms with E-state index in [1.54, 1.807) is 28.6 Å². The van der Waals surface area contributed by atoms with Gasteiger partial charge < -0.3 is 0 Å². The highest BCUT2D eigenvalue weighted by Gasteiger charge is 2.23. The van der Waals surface area contributed by atoms with Crippen LogP contribution >= 0.6 is 23.4 Å². The van der Waals surface area contributed by atoms with Crippen molar-refractivity contribution < 1.29 is 4.39 Å². The molecule has 0 bridgehead atoms. The summed E-state index contributed by atoms with van der Waals surface area (Å²) in [4.78, 5) is 0. The van der Waals surface area contributed by atoms with Gasteiger partial charge in [-0.3, -0.25) is 0 Å². The number of hydrogen-bond donors (Lipinski definition) is 0. The molecule has 2 aromatic rings. The van der Waals surface area contributed by atoms with Crippen molar-refractivity contribution in [1.29, 1.82) is 0 Å². The summed E-state index contributed by atoms with van der Waals surface area (Å²) >= 11 is 7.39. The van der Waals surface area contributed by atoms with E-state index in [1.165, 1.54) is 11.6 Å². The number of thioether (sulfide) groups is 1. The van der Waals surface area contributed by atoms with Crippen LogP contribution < -0.4 is 0 Å². The highest BCUT2D eigenvalue weighted by Crippen LogP contribution is 2.33. The Morgan fingerprint density at radius 2 is 2.22 bits per heavy atom. The Morgan fingerprint density at radius 1 is 1.39 bits per heavy atom. The summed E-state index contributed by atoms with van der Waals surface area (Å²) in [5, 5.41) is 5.98. The fraction of sp³-hybridized carbons (Fsp3) is 0.308. The lowest BCUT2D eigenvalue weighted by molar-refractivity contribution is 0.600. The van der Waals surface area contributed by atoms with Crippen LogP contribution in [0.1, 0.15) is 17.7 Å². The lowest BCUT2D eigenvalue weighted by Gasteiger charge is -2.08. The highest BCUT2D eigenvalue weighted by molar-refractivity contribution is 7.98. The number of fused-ring (bicyclic) bond motifs is 1. The third kappa shape index (κ3) is 1.84. The molecule has 0 spiro atoms. The van der Waals surface area contributed by atoms with Gasteiger partial charge in [0, 0.05) is 10.6 Å². The maximum atomic E-state index is 14.0. The van der Waals surface area contributed by atoms with Gasteiger partial charge in [-0.05, 0) is 43.7 Å². The average Bonchev–Trinajstić information content (AvgIpc) is 2.88. The van der Waals surface area contributed by atoms with E-state index >= 15 is 0 Å². The number of halogens is 2. The molecule has 1 aromatic heterocycles. The zero-order valence-corrected chi connectivity index (χ0v) is 11.5. The molecule has 0 fully saturated rings. The predicted octanol–water partition coefficient (Wildman–Crippen LogP) is 3.88. The largest absolute Gasteiger partial charge is 0.224 e. The minimum absolute atomic E-state index is 0.334. The van der Waals surface area contributed by atoms with Crippen molar-refractivity contribution in [3.8, 4) is 5.69 Å². The SMILES string of the molecule is CSc1c2c(nn1-c1ccc(Cl)cc1F)CCC2. The van der Waals surface area contributed by atoms with Gasteiger partial charge in [0.05, 0.1) is 5.69 Å². The van der Waals surface area contributed by atoms with Gasteiger partial charge in [-0.25, -0.2) is 9.07 Å².